The molecule has 2 aliphatic heterocycles. The molecule has 0 radical (unpaired) electrons. The van der Waals surface area contributed by atoms with Gasteiger partial charge in [0.25, 0.3) is 5.91 Å². The zero-order chi connectivity index (χ0) is 31.1. The number of allylic oxidation sites excluding steroid dienone is 1. The predicted molar refractivity (Wildman–Crippen MR) is 175 cm³/mol. The molecule has 2 aliphatic carbocycles. The molecule has 1 amide bonds. The average Bonchev–Trinajstić information content (AvgIpc) is 3.11. The fourth-order valence-corrected chi connectivity index (χ4v) is 9.87. The number of aryl methyl sites for hydroxylation is 1. The highest BCUT2D eigenvalue weighted by atomic mass is 35.5. The van der Waals surface area contributed by atoms with Crippen LogP contribution >= 0.6 is 11.6 Å². The normalized spacial score (nSPS) is 32.3. The number of rotatable bonds is 3. The van der Waals surface area contributed by atoms with Gasteiger partial charge in [-0.15, -0.1) is 0 Å². The Hall–Kier alpha value is -2.55. The monoisotopic (exact) mass is 640 g/mol. The Balaban J connectivity index is 1.41. The van der Waals surface area contributed by atoms with Crippen molar-refractivity contribution < 1.29 is 23.1 Å². The molecule has 2 bridgehead atoms. The minimum Gasteiger partial charge on any atom is -0.490 e. The van der Waals surface area contributed by atoms with Crippen LogP contribution < -0.4 is 14.4 Å². The molecular weight excluding hydrogens is 596 g/mol. The highest BCUT2D eigenvalue weighted by Crippen LogP contribution is 2.46. The molecule has 1 spiro atoms. The van der Waals surface area contributed by atoms with Crippen molar-refractivity contribution in [2.45, 2.75) is 88.4 Å². The van der Waals surface area contributed by atoms with Crippen molar-refractivity contribution in [2.75, 3.05) is 24.6 Å². The molecule has 4 aliphatic rings. The van der Waals surface area contributed by atoms with Gasteiger partial charge in [-0.2, -0.15) is 0 Å². The SMILES string of the molecule is CCCC[C@H]1[C@H](C)C/C=C\C(O)[C@@H]2CC[C@H]2CN2C[C@@]3(CCCc4cc(Cl)ccc43)COc3ccc(cc32)C(=O)NS1(=O)=O. The summed E-state index contributed by atoms with van der Waals surface area (Å²) in [5.41, 5.74) is 3.35. The highest BCUT2D eigenvalue weighted by Gasteiger charge is 2.44. The van der Waals surface area contributed by atoms with E-state index < -0.39 is 27.3 Å². The first kappa shape index (κ1) is 31.4. The third-order valence-corrected chi connectivity index (χ3v) is 12.8. The standard InChI is InChI=1S/C35H45ClN2O5S/c1-3-4-10-33-23(2)7-5-9-31(39)28-14-11-26(28)20-38-21-35(17-6-8-24-18-27(36)13-15-29(24)35)22-43-32-16-12-25(19-30(32)38)34(40)37-44(33,41)42/h5,9,12-13,15-16,18-19,23,26,28,31,33,39H,3-4,6-8,10-11,14,17,20-22H2,1-2H3,(H,37,40)/b9-5-/t23-,26+,28-,31?,33+,35+/m1/s1. The van der Waals surface area contributed by atoms with Crippen molar-refractivity contribution in [2.24, 2.45) is 17.8 Å². The average molecular weight is 641 g/mol. The number of hydrogen-bond acceptors (Lipinski definition) is 6. The molecule has 44 heavy (non-hydrogen) atoms. The number of halogens is 1. The van der Waals surface area contributed by atoms with Crippen molar-refractivity contribution >= 4 is 33.2 Å². The van der Waals surface area contributed by atoms with Crippen molar-refractivity contribution in [3.8, 4) is 5.75 Å². The number of nitrogens with zero attached hydrogens (tertiary/aromatic N) is 1. The van der Waals surface area contributed by atoms with Crippen LogP contribution in [0.15, 0.2) is 48.6 Å². The van der Waals surface area contributed by atoms with Crippen LogP contribution in [0.5, 0.6) is 5.75 Å². The van der Waals surface area contributed by atoms with Gasteiger partial charge < -0.3 is 14.7 Å². The summed E-state index contributed by atoms with van der Waals surface area (Å²) >= 11 is 6.40. The molecule has 2 aromatic rings. The Bertz CT molecular complexity index is 1530. The predicted octanol–water partition coefficient (Wildman–Crippen LogP) is 6.41. The Kier molecular flexibility index (Phi) is 9.06. The Labute approximate surface area is 267 Å². The zero-order valence-electron chi connectivity index (χ0n) is 25.8. The molecule has 0 aromatic heterocycles. The Morgan fingerprint density at radius 3 is 2.80 bits per heavy atom. The van der Waals surface area contributed by atoms with Crippen molar-refractivity contribution in [1.29, 1.82) is 0 Å². The van der Waals surface area contributed by atoms with E-state index in [2.05, 4.69) is 21.8 Å². The fraction of sp³-hybridized carbons (Fsp3) is 0.571. The van der Waals surface area contributed by atoms with Gasteiger partial charge in [0.1, 0.15) is 5.75 Å². The number of aliphatic hydroxyl groups is 1. The summed E-state index contributed by atoms with van der Waals surface area (Å²) in [6.45, 7) is 5.87. The zero-order valence-corrected chi connectivity index (χ0v) is 27.4. The molecule has 9 heteroatoms. The van der Waals surface area contributed by atoms with Crippen LogP contribution in [0.3, 0.4) is 0 Å². The summed E-state index contributed by atoms with van der Waals surface area (Å²) in [4.78, 5) is 15.9. The summed E-state index contributed by atoms with van der Waals surface area (Å²) in [5.74, 6) is 0.278. The van der Waals surface area contributed by atoms with Gasteiger partial charge in [0.05, 0.1) is 23.6 Å². The second kappa shape index (κ2) is 12.7. The molecule has 1 unspecified atom stereocenters. The van der Waals surface area contributed by atoms with Crippen LogP contribution in [-0.2, 0) is 21.9 Å². The second-order valence-corrected chi connectivity index (χ2v) is 15.9. The van der Waals surface area contributed by atoms with Crippen LogP contribution in [0, 0.1) is 17.8 Å². The van der Waals surface area contributed by atoms with Crippen molar-refractivity contribution in [1.82, 2.24) is 4.72 Å². The van der Waals surface area contributed by atoms with Crippen LogP contribution in [-0.4, -0.2) is 50.5 Å². The lowest BCUT2D eigenvalue weighted by Crippen LogP contribution is -2.49. The Morgan fingerprint density at radius 1 is 1.18 bits per heavy atom. The molecule has 238 valence electrons. The maximum atomic E-state index is 13.6. The van der Waals surface area contributed by atoms with Gasteiger partial charge in [-0.05, 0) is 104 Å². The van der Waals surface area contributed by atoms with E-state index >= 15 is 0 Å². The number of hydrogen-bond donors (Lipinski definition) is 2. The van der Waals surface area contributed by atoms with Crippen molar-refractivity contribution in [3.05, 3.63) is 70.3 Å². The Morgan fingerprint density at radius 2 is 2.02 bits per heavy atom. The number of ether oxygens (including phenoxy) is 1. The van der Waals surface area contributed by atoms with Crippen LogP contribution in [0.25, 0.3) is 0 Å². The molecule has 2 aromatic carbocycles. The molecule has 2 heterocycles. The number of benzene rings is 2. The van der Waals surface area contributed by atoms with E-state index in [-0.39, 0.29) is 23.2 Å². The number of amides is 1. The number of nitrogens with one attached hydrogen (secondary N) is 1. The van der Waals surface area contributed by atoms with E-state index in [0.29, 0.717) is 37.3 Å². The number of anilines is 1. The molecule has 6 atom stereocenters. The summed E-state index contributed by atoms with van der Waals surface area (Å²) in [6, 6.07) is 11.5. The summed E-state index contributed by atoms with van der Waals surface area (Å²) in [5, 5.41) is 11.3. The minimum absolute atomic E-state index is 0.126. The molecule has 6 rings (SSSR count). The quantitative estimate of drug-likeness (QED) is 0.376. The fourth-order valence-electron chi connectivity index (χ4n) is 7.95. The largest absolute Gasteiger partial charge is 0.490 e. The molecule has 0 saturated heterocycles. The van der Waals surface area contributed by atoms with E-state index in [4.69, 9.17) is 16.3 Å². The first-order valence-electron chi connectivity index (χ1n) is 16.3. The van der Waals surface area contributed by atoms with Crippen molar-refractivity contribution in [3.63, 3.8) is 0 Å². The van der Waals surface area contributed by atoms with Crippen LogP contribution in [0.4, 0.5) is 5.69 Å². The van der Waals surface area contributed by atoms with Crippen LogP contribution in [0.1, 0.15) is 86.7 Å². The van der Waals surface area contributed by atoms with Gasteiger partial charge in [0.2, 0.25) is 10.0 Å². The summed E-state index contributed by atoms with van der Waals surface area (Å²) < 4.78 is 36.2. The maximum absolute atomic E-state index is 13.6. The van der Waals surface area contributed by atoms with Gasteiger partial charge in [-0.1, -0.05) is 56.5 Å². The summed E-state index contributed by atoms with van der Waals surface area (Å²) in [6.07, 6.45) is 10.8. The van der Waals surface area contributed by atoms with Gasteiger partial charge in [-0.3, -0.25) is 4.79 Å². The first-order valence-corrected chi connectivity index (χ1v) is 18.2. The van der Waals surface area contributed by atoms with E-state index in [9.17, 15) is 18.3 Å². The van der Waals surface area contributed by atoms with E-state index in [1.807, 2.05) is 38.1 Å². The number of sulfonamides is 1. The number of unbranched alkanes of at least 4 members (excludes halogenated alkanes) is 1. The van der Waals surface area contributed by atoms with E-state index in [1.165, 1.54) is 11.1 Å². The number of aliphatic hydroxyl groups excluding tert-OH is 1. The van der Waals surface area contributed by atoms with Gasteiger partial charge in [0.15, 0.2) is 0 Å². The molecule has 1 saturated carbocycles. The third kappa shape index (κ3) is 6.14. The lowest BCUT2D eigenvalue weighted by molar-refractivity contribution is 0.0455. The molecular formula is C35H45ClN2O5S. The lowest BCUT2D eigenvalue weighted by atomic mass is 9.68. The van der Waals surface area contributed by atoms with E-state index in [1.54, 1.807) is 12.1 Å². The summed E-state index contributed by atoms with van der Waals surface area (Å²) in [7, 11) is -3.94. The molecule has 2 N–H and O–H groups in total. The molecule has 7 nitrogen and oxygen atoms in total. The van der Waals surface area contributed by atoms with Gasteiger partial charge in [-0.25, -0.2) is 13.1 Å². The number of carbonyl (C=O) groups is 1. The van der Waals surface area contributed by atoms with Gasteiger partial charge in [0, 0.05) is 29.1 Å². The number of fused-ring (bicyclic) bond motifs is 4. The maximum Gasteiger partial charge on any atom is 0.264 e. The second-order valence-electron chi connectivity index (χ2n) is 13.6. The number of carbonyl (C=O) groups excluding carboxylic acids is 1. The van der Waals surface area contributed by atoms with Gasteiger partial charge >= 0.3 is 0 Å². The lowest BCUT2D eigenvalue weighted by Gasteiger charge is -2.45. The minimum atomic E-state index is -3.94. The molecule has 1 fully saturated rings. The topological polar surface area (TPSA) is 95.9 Å². The highest BCUT2D eigenvalue weighted by molar-refractivity contribution is 7.90. The smallest absolute Gasteiger partial charge is 0.264 e. The van der Waals surface area contributed by atoms with E-state index in [0.717, 1.165) is 62.2 Å². The third-order valence-electron chi connectivity index (χ3n) is 10.6. The van der Waals surface area contributed by atoms with Crippen LogP contribution in [0.2, 0.25) is 5.02 Å². The first-order chi connectivity index (χ1) is 21.1.